The van der Waals surface area contributed by atoms with Crippen LogP contribution in [0.1, 0.15) is 17.2 Å². The molecule has 7 nitrogen and oxygen atoms in total. The molecule has 1 fully saturated rings. The van der Waals surface area contributed by atoms with Crippen LogP contribution < -0.4 is 66.7 Å². The SMILES string of the molecule is Cc1cccc(C2C=CN(c3cc(N4CCOCC4)n[c-]n3)N2)c1.[CH2-]O.[K+]. The van der Waals surface area contributed by atoms with E-state index in [4.69, 9.17) is 9.84 Å². The Labute approximate surface area is 202 Å². The van der Waals surface area contributed by atoms with Gasteiger partial charge < -0.3 is 29.7 Å². The molecule has 3 heterocycles. The van der Waals surface area contributed by atoms with Crippen LogP contribution in [0.3, 0.4) is 0 Å². The van der Waals surface area contributed by atoms with Crippen molar-refractivity contribution in [3.8, 4) is 0 Å². The number of nitrogens with zero attached hydrogens (tertiary/aromatic N) is 4. The number of morpholine rings is 1. The fraction of sp³-hybridized carbons (Fsp3) is 0.316. The number of aliphatic hydroxyl groups excluding tert-OH is 1. The van der Waals surface area contributed by atoms with E-state index in [1.165, 1.54) is 11.1 Å². The van der Waals surface area contributed by atoms with Crippen LogP contribution in [0.2, 0.25) is 0 Å². The molecular weight excluding hydrogens is 369 g/mol. The van der Waals surface area contributed by atoms with E-state index in [1.807, 2.05) is 17.3 Å². The second kappa shape index (κ2) is 11.2. The summed E-state index contributed by atoms with van der Waals surface area (Å²) in [5.74, 6) is 1.68. The van der Waals surface area contributed by atoms with Crippen LogP contribution in [0, 0.1) is 20.4 Å². The molecule has 8 heteroatoms. The van der Waals surface area contributed by atoms with Crippen molar-refractivity contribution in [2.24, 2.45) is 0 Å². The van der Waals surface area contributed by atoms with Crippen LogP contribution in [-0.2, 0) is 4.74 Å². The maximum absolute atomic E-state index is 6.75. The van der Waals surface area contributed by atoms with Crippen molar-refractivity contribution < 1.29 is 61.2 Å². The van der Waals surface area contributed by atoms with Gasteiger partial charge in [0.2, 0.25) is 0 Å². The van der Waals surface area contributed by atoms with Gasteiger partial charge >= 0.3 is 51.4 Å². The third kappa shape index (κ3) is 5.82. The molecule has 1 saturated heterocycles. The first-order chi connectivity index (χ1) is 12.8. The molecule has 2 aliphatic heterocycles. The molecule has 0 radical (unpaired) electrons. The Morgan fingerprint density at radius 2 is 1.93 bits per heavy atom. The first-order valence-electron chi connectivity index (χ1n) is 8.49. The predicted octanol–water partition coefficient (Wildman–Crippen LogP) is -0.844. The molecule has 2 aromatic rings. The summed E-state index contributed by atoms with van der Waals surface area (Å²) < 4.78 is 5.39. The smallest absolute Gasteiger partial charge is 0.569 e. The standard InChI is InChI=1S/C18H20N5O.CH3O.K/c1-14-3-2-4-15(11-14)16-5-6-23(21-16)18-12-17(19-13-20-18)22-7-9-24-10-8-22;1-2;/h2-6,11-12,16,21H,7-10H2,1H3;2H,1H2;/q2*-1;+1. The van der Waals surface area contributed by atoms with Crippen molar-refractivity contribution in [3.63, 3.8) is 0 Å². The molecule has 1 unspecified atom stereocenters. The largest absolute Gasteiger partial charge is 1.00 e. The molecule has 1 aromatic heterocycles. The number of anilines is 2. The maximum atomic E-state index is 6.75. The van der Waals surface area contributed by atoms with Gasteiger partial charge in [-0.25, -0.2) is 12.5 Å². The van der Waals surface area contributed by atoms with Crippen LogP contribution >= 0.6 is 0 Å². The van der Waals surface area contributed by atoms with Gasteiger partial charge in [-0.05, 0) is 18.6 Å². The van der Waals surface area contributed by atoms with Crippen molar-refractivity contribution in [1.82, 2.24) is 15.4 Å². The molecule has 2 N–H and O–H groups in total. The average Bonchev–Trinajstić information content (AvgIpc) is 3.21. The van der Waals surface area contributed by atoms with Gasteiger partial charge in [0.05, 0.1) is 19.3 Å². The van der Waals surface area contributed by atoms with Gasteiger partial charge in [0.15, 0.2) is 0 Å². The molecule has 0 saturated carbocycles. The van der Waals surface area contributed by atoms with Crippen molar-refractivity contribution >= 4 is 11.6 Å². The van der Waals surface area contributed by atoms with Gasteiger partial charge in [-0.2, -0.15) is 0 Å². The zero-order chi connectivity index (χ0) is 18.4. The zero-order valence-corrected chi connectivity index (χ0v) is 18.9. The molecule has 2 aliphatic rings. The van der Waals surface area contributed by atoms with Gasteiger partial charge in [-0.15, -0.1) is 0 Å². The molecule has 4 rings (SSSR count). The van der Waals surface area contributed by atoms with Crippen molar-refractivity contribution in [2.45, 2.75) is 13.0 Å². The number of aliphatic hydroxyl groups is 1. The summed E-state index contributed by atoms with van der Waals surface area (Å²) in [6.45, 7) is 5.26. The second-order valence-electron chi connectivity index (χ2n) is 6.02. The first kappa shape index (κ1) is 22.4. The minimum atomic E-state index is 0. The van der Waals surface area contributed by atoms with Crippen molar-refractivity contribution in [3.05, 3.63) is 67.2 Å². The van der Waals surface area contributed by atoms with Crippen molar-refractivity contribution in [2.75, 3.05) is 36.2 Å². The van der Waals surface area contributed by atoms with E-state index < -0.39 is 0 Å². The normalized spacial score (nSPS) is 18.6. The topological polar surface area (TPSA) is 73.8 Å². The minimum absolute atomic E-state index is 0. The number of hydrogen-bond acceptors (Lipinski definition) is 7. The van der Waals surface area contributed by atoms with Crippen LogP contribution in [0.5, 0.6) is 0 Å². The summed E-state index contributed by atoms with van der Waals surface area (Å²) in [6, 6.07) is 10.6. The fourth-order valence-corrected chi connectivity index (χ4v) is 2.99. The van der Waals surface area contributed by atoms with Gasteiger partial charge in [-0.1, -0.05) is 35.9 Å². The summed E-state index contributed by atoms with van der Waals surface area (Å²) in [5, 5.41) is 8.68. The summed E-state index contributed by atoms with van der Waals surface area (Å²) in [6.07, 6.45) is 6.91. The zero-order valence-electron chi connectivity index (χ0n) is 15.8. The number of rotatable bonds is 3. The number of hydrogen-bond donors (Lipinski definition) is 2. The Balaban J connectivity index is 0.000000844. The van der Waals surface area contributed by atoms with E-state index in [0.29, 0.717) is 0 Å². The monoisotopic (exact) mass is 392 g/mol. The van der Waals surface area contributed by atoms with E-state index in [-0.39, 0.29) is 57.4 Å². The molecule has 0 spiro atoms. The van der Waals surface area contributed by atoms with Crippen LogP contribution in [0.4, 0.5) is 11.6 Å². The third-order valence-electron chi connectivity index (χ3n) is 4.28. The second-order valence-corrected chi connectivity index (χ2v) is 6.02. The molecular formula is C19H23KN5O2-. The summed E-state index contributed by atoms with van der Waals surface area (Å²) in [5.41, 5.74) is 5.94. The van der Waals surface area contributed by atoms with Gasteiger partial charge in [-0.3, -0.25) is 0 Å². The van der Waals surface area contributed by atoms with E-state index in [9.17, 15) is 0 Å². The Kier molecular flexibility index (Phi) is 9.33. The van der Waals surface area contributed by atoms with Crippen molar-refractivity contribution in [1.29, 1.82) is 0 Å². The van der Waals surface area contributed by atoms with Gasteiger partial charge in [0, 0.05) is 37.3 Å². The minimum Gasteiger partial charge on any atom is -0.569 e. The third-order valence-corrected chi connectivity index (χ3v) is 4.28. The van der Waals surface area contributed by atoms with Crippen LogP contribution in [0.15, 0.2) is 42.6 Å². The average molecular weight is 393 g/mol. The predicted molar refractivity (Wildman–Crippen MR) is 99.9 cm³/mol. The number of ether oxygens (including phenoxy) is 1. The van der Waals surface area contributed by atoms with Gasteiger partial charge in [0.25, 0.3) is 0 Å². The van der Waals surface area contributed by atoms with E-state index in [0.717, 1.165) is 37.9 Å². The van der Waals surface area contributed by atoms with Gasteiger partial charge in [0.1, 0.15) is 0 Å². The fourth-order valence-electron chi connectivity index (χ4n) is 2.99. The summed E-state index contributed by atoms with van der Waals surface area (Å²) in [4.78, 5) is 10.8. The first-order valence-corrected chi connectivity index (χ1v) is 8.49. The Morgan fingerprint density at radius 1 is 1.19 bits per heavy atom. The Hall–Kier alpha value is -0.844. The number of benzene rings is 1. The van der Waals surface area contributed by atoms with E-state index >= 15 is 0 Å². The van der Waals surface area contributed by atoms with E-state index in [1.54, 1.807) is 0 Å². The van der Waals surface area contributed by atoms with Crippen LogP contribution in [0.25, 0.3) is 0 Å². The number of aryl methyl sites for hydroxylation is 1. The number of hydrazine groups is 1. The number of nitrogens with one attached hydrogen (secondary N) is 1. The molecule has 0 aliphatic carbocycles. The molecule has 0 amide bonds. The molecule has 1 atom stereocenters. The summed E-state index contributed by atoms with van der Waals surface area (Å²) in [7, 11) is 2.25. The Morgan fingerprint density at radius 3 is 2.67 bits per heavy atom. The maximum Gasteiger partial charge on any atom is 1.00 e. The summed E-state index contributed by atoms with van der Waals surface area (Å²) >= 11 is 0. The quantitative estimate of drug-likeness (QED) is 0.521. The molecule has 0 bridgehead atoms. The molecule has 138 valence electrons. The molecule has 27 heavy (non-hydrogen) atoms. The molecule has 1 aromatic carbocycles. The Bertz CT molecular complexity index is 752. The van der Waals surface area contributed by atoms with Crippen LogP contribution in [-0.4, -0.2) is 41.4 Å². The number of aromatic nitrogens is 2. The van der Waals surface area contributed by atoms with E-state index in [2.05, 4.69) is 71.0 Å².